The number of rotatable bonds is 4. The van der Waals surface area contributed by atoms with Gasteiger partial charge in [0.05, 0.1) is 21.5 Å². The third kappa shape index (κ3) is 4.04. The van der Waals surface area contributed by atoms with E-state index in [1.807, 2.05) is 39.9 Å². The van der Waals surface area contributed by atoms with Gasteiger partial charge in [-0.3, -0.25) is 4.90 Å². The van der Waals surface area contributed by atoms with Crippen molar-refractivity contribution in [3.63, 3.8) is 0 Å². The Balaban J connectivity index is 1.50. The summed E-state index contributed by atoms with van der Waals surface area (Å²) in [5.74, 6) is 0. The summed E-state index contributed by atoms with van der Waals surface area (Å²) < 4.78 is 68.6. The Morgan fingerprint density at radius 3 is 2.35 bits per heavy atom. The third-order valence-corrected chi connectivity index (χ3v) is 7.37. The van der Waals surface area contributed by atoms with Crippen molar-refractivity contribution in [2.24, 2.45) is 0 Å². The van der Waals surface area contributed by atoms with Gasteiger partial charge in [0.2, 0.25) is 10.0 Å². The molecule has 4 rings (SSSR count). The molecule has 162 valence electrons. The topological polar surface area (TPSA) is 68.8 Å². The summed E-state index contributed by atoms with van der Waals surface area (Å²) in [6, 6.07) is 12.0. The molecule has 6 nitrogen and oxygen atoms in total. The van der Waals surface area contributed by atoms with Crippen molar-refractivity contribution in [1.82, 2.24) is 13.6 Å². The molecule has 0 amide bonds. The summed E-state index contributed by atoms with van der Waals surface area (Å²) in [6.07, 6.45) is -1.03. The number of fused-ring (bicyclic) bond motifs is 1. The van der Waals surface area contributed by atoms with Crippen molar-refractivity contribution in [2.45, 2.75) is 17.6 Å². The molecular weight excluding hydrogens is 429 g/mol. The Hall–Kier alpha value is -2.87. The lowest BCUT2D eigenvalue weighted by molar-refractivity contribution is -0.139. The van der Waals surface area contributed by atoms with Crippen molar-refractivity contribution < 1.29 is 21.6 Å². The summed E-state index contributed by atoms with van der Waals surface area (Å²) in [5, 5.41) is 9.54. The number of nitriles is 1. The minimum Gasteiger partial charge on any atom is -0.322 e. The zero-order chi connectivity index (χ0) is 22.2. The Labute approximate surface area is 177 Å². The highest BCUT2D eigenvalue weighted by atomic mass is 32.2. The van der Waals surface area contributed by atoms with Gasteiger partial charge in [-0.15, -0.1) is 0 Å². The molecule has 3 aromatic rings. The Bertz CT molecular complexity index is 1250. The maximum absolute atomic E-state index is 13.3. The average Bonchev–Trinajstić information content (AvgIpc) is 3.10. The molecule has 0 spiro atoms. The molecule has 1 aliphatic rings. The van der Waals surface area contributed by atoms with Gasteiger partial charge < -0.3 is 4.40 Å². The van der Waals surface area contributed by atoms with Crippen LogP contribution in [0.15, 0.2) is 59.8 Å². The van der Waals surface area contributed by atoms with E-state index >= 15 is 0 Å². The first-order valence-corrected chi connectivity index (χ1v) is 11.0. The number of halogens is 3. The van der Waals surface area contributed by atoms with Crippen LogP contribution in [0.3, 0.4) is 0 Å². The number of benzene rings is 1. The normalized spacial score (nSPS) is 16.5. The van der Waals surface area contributed by atoms with Crippen LogP contribution >= 0.6 is 0 Å². The molecule has 10 heteroatoms. The number of alkyl halides is 3. The Morgan fingerprint density at radius 2 is 1.68 bits per heavy atom. The SMILES string of the molecule is N#Cc1c(CN2CCN(S(=O)(=O)c3ccccc3C(F)(F)F)CC2)cn2ccccc12. The summed E-state index contributed by atoms with van der Waals surface area (Å²) >= 11 is 0. The molecular formula is C21H19F3N4O2S. The average molecular weight is 448 g/mol. The van der Waals surface area contributed by atoms with Crippen LogP contribution in [-0.4, -0.2) is 48.2 Å². The fourth-order valence-corrected chi connectivity index (χ4v) is 5.49. The monoisotopic (exact) mass is 448 g/mol. The van der Waals surface area contributed by atoms with Gasteiger partial charge >= 0.3 is 6.18 Å². The summed E-state index contributed by atoms with van der Waals surface area (Å²) in [5.41, 5.74) is 1.03. The summed E-state index contributed by atoms with van der Waals surface area (Å²) in [4.78, 5) is 1.28. The summed E-state index contributed by atoms with van der Waals surface area (Å²) in [6.45, 7) is 1.31. The van der Waals surface area contributed by atoms with Gasteiger partial charge in [0.1, 0.15) is 6.07 Å². The van der Waals surface area contributed by atoms with E-state index in [9.17, 15) is 26.9 Å². The van der Waals surface area contributed by atoms with Gasteiger partial charge in [-0.1, -0.05) is 18.2 Å². The van der Waals surface area contributed by atoms with Crippen LogP contribution in [0.2, 0.25) is 0 Å². The lowest BCUT2D eigenvalue weighted by atomic mass is 10.1. The zero-order valence-corrected chi connectivity index (χ0v) is 17.2. The highest BCUT2D eigenvalue weighted by molar-refractivity contribution is 7.89. The van der Waals surface area contributed by atoms with Crippen molar-refractivity contribution in [1.29, 1.82) is 5.26 Å². The first-order chi connectivity index (χ1) is 14.7. The second-order valence-corrected chi connectivity index (χ2v) is 9.21. The molecule has 0 unspecified atom stereocenters. The van der Waals surface area contributed by atoms with Crippen LogP contribution < -0.4 is 0 Å². The molecule has 1 fully saturated rings. The predicted molar refractivity (Wildman–Crippen MR) is 108 cm³/mol. The molecule has 1 aliphatic heterocycles. The van der Waals surface area contributed by atoms with Crippen LogP contribution in [0, 0.1) is 11.3 Å². The maximum Gasteiger partial charge on any atom is 0.417 e. The Morgan fingerprint density at radius 1 is 1.00 bits per heavy atom. The lowest BCUT2D eigenvalue weighted by Gasteiger charge is -2.34. The second-order valence-electron chi connectivity index (χ2n) is 7.31. The standard InChI is InChI=1S/C21H19F3N4O2S/c22-21(23,24)18-5-1-2-7-20(18)31(29,30)28-11-9-26(10-12-28)14-16-15-27-8-4-3-6-19(27)17(16)13-25/h1-8,15H,9-12,14H2. The maximum atomic E-state index is 13.3. The predicted octanol–water partition coefficient (Wildman–Crippen LogP) is 3.34. The van der Waals surface area contributed by atoms with E-state index in [-0.39, 0.29) is 13.1 Å². The molecule has 2 aromatic heterocycles. The number of piperazine rings is 1. The quantitative estimate of drug-likeness (QED) is 0.614. The van der Waals surface area contributed by atoms with E-state index < -0.39 is 26.7 Å². The molecule has 0 aliphatic carbocycles. The number of hydrogen-bond donors (Lipinski definition) is 0. The van der Waals surface area contributed by atoms with Gasteiger partial charge in [-0.2, -0.15) is 22.7 Å². The van der Waals surface area contributed by atoms with E-state index in [4.69, 9.17) is 0 Å². The summed E-state index contributed by atoms with van der Waals surface area (Å²) in [7, 11) is -4.28. The van der Waals surface area contributed by atoms with Crippen LogP contribution in [0.1, 0.15) is 16.7 Å². The van der Waals surface area contributed by atoms with Crippen LogP contribution in [0.4, 0.5) is 13.2 Å². The fraction of sp³-hybridized carbons (Fsp3) is 0.286. The smallest absolute Gasteiger partial charge is 0.322 e. The number of sulfonamides is 1. The van der Waals surface area contributed by atoms with Gasteiger partial charge in [0, 0.05) is 50.7 Å². The molecule has 1 saturated heterocycles. The van der Waals surface area contributed by atoms with Crippen LogP contribution in [0.25, 0.3) is 5.52 Å². The fourth-order valence-electron chi connectivity index (χ4n) is 3.86. The lowest BCUT2D eigenvalue weighted by Crippen LogP contribution is -2.48. The second kappa shape index (κ2) is 8.00. The number of nitrogens with zero attached hydrogens (tertiary/aromatic N) is 4. The van der Waals surface area contributed by atoms with Gasteiger partial charge in [0.15, 0.2) is 0 Å². The van der Waals surface area contributed by atoms with Crippen molar-refractivity contribution in [3.8, 4) is 6.07 Å². The largest absolute Gasteiger partial charge is 0.417 e. The van der Waals surface area contributed by atoms with Gasteiger partial charge in [-0.05, 0) is 24.3 Å². The minimum absolute atomic E-state index is 0.0732. The zero-order valence-electron chi connectivity index (χ0n) is 16.4. The van der Waals surface area contributed by atoms with E-state index in [0.29, 0.717) is 25.2 Å². The molecule has 0 bridgehead atoms. The third-order valence-electron chi connectivity index (χ3n) is 5.41. The first-order valence-electron chi connectivity index (χ1n) is 9.59. The molecule has 3 heterocycles. The Kier molecular flexibility index (Phi) is 5.51. The molecule has 0 radical (unpaired) electrons. The van der Waals surface area contributed by atoms with E-state index in [0.717, 1.165) is 27.5 Å². The van der Waals surface area contributed by atoms with Gasteiger partial charge in [0.25, 0.3) is 0 Å². The van der Waals surface area contributed by atoms with Crippen LogP contribution in [-0.2, 0) is 22.7 Å². The molecule has 0 saturated carbocycles. The minimum atomic E-state index is -4.75. The number of aromatic nitrogens is 1. The molecule has 0 N–H and O–H groups in total. The highest BCUT2D eigenvalue weighted by Crippen LogP contribution is 2.35. The molecule has 1 aromatic carbocycles. The van der Waals surface area contributed by atoms with E-state index in [1.54, 1.807) is 0 Å². The first kappa shape index (κ1) is 21.4. The van der Waals surface area contributed by atoms with E-state index in [1.165, 1.54) is 12.1 Å². The highest BCUT2D eigenvalue weighted by Gasteiger charge is 2.39. The van der Waals surface area contributed by atoms with E-state index in [2.05, 4.69) is 6.07 Å². The van der Waals surface area contributed by atoms with Crippen molar-refractivity contribution >= 4 is 15.5 Å². The van der Waals surface area contributed by atoms with Gasteiger partial charge in [-0.25, -0.2) is 8.42 Å². The molecule has 0 atom stereocenters. The van der Waals surface area contributed by atoms with Crippen LogP contribution in [0.5, 0.6) is 0 Å². The van der Waals surface area contributed by atoms with Crippen molar-refractivity contribution in [2.75, 3.05) is 26.2 Å². The van der Waals surface area contributed by atoms with Crippen molar-refractivity contribution in [3.05, 3.63) is 71.5 Å². The number of hydrogen-bond acceptors (Lipinski definition) is 4. The molecule has 31 heavy (non-hydrogen) atoms. The number of pyridine rings is 1.